The van der Waals surface area contributed by atoms with E-state index in [9.17, 15) is 4.79 Å². The Hall–Kier alpha value is -2.11. The maximum atomic E-state index is 12.2. The van der Waals surface area contributed by atoms with Crippen LogP contribution in [-0.4, -0.2) is 11.0 Å². The van der Waals surface area contributed by atoms with Crippen molar-refractivity contribution < 1.29 is 4.79 Å². The molecule has 4 nitrogen and oxygen atoms in total. The molecule has 0 aliphatic heterocycles. The molecule has 2 aromatic carbocycles. The van der Waals surface area contributed by atoms with Crippen molar-refractivity contribution in [2.75, 3.05) is 5.32 Å². The molecular weight excluding hydrogens is 330 g/mol. The predicted octanol–water partition coefficient (Wildman–Crippen LogP) is 3.46. The lowest BCUT2D eigenvalue weighted by molar-refractivity contribution is 0.0944. The highest BCUT2D eigenvalue weighted by atomic mass is 35.5. The number of hydrogen-bond acceptors (Lipinski definition) is 2. The quantitative estimate of drug-likeness (QED) is 0.576. The standard InChI is InChI=1S/C17H16ClN3OS/c18-14-6-8-15(9-7-14)19-17(23)21-20-16(22)13-5-4-11-2-1-3-12(11)10-13/h4-10H,1-3H2,(H,20,22)(H2,19,21,23). The summed E-state index contributed by atoms with van der Waals surface area (Å²) < 4.78 is 0. The third-order valence-corrected chi connectivity index (χ3v) is 4.21. The fraction of sp³-hybridized carbons (Fsp3) is 0.176. The van der Waals surface area contributed by atoms with Crippen molar-refractivity contribution in [3.8, 4) is 0 Å². The molecule has 2 aromatic rings. The molecule has 0 unspecified atom stereocenters. The van der Waals surface area contributed by atoms with E-state index in [0.29, 0.717) is 15.7 Å². The zero-order chi connectivity index (χ0) is 16.2. The summed E-state index contributed by atoms with van der Waals surface area (Å²) in [6.07, 6.45) is 3.30. The molecule has 23 heavy (non-hydrogen) atoms. The number of carbonyl (C=O) groups is 1. The Morgan fingerprint density at radius 1 is 1.00 bits per heavy atom. The summed E-state index contributed by atoms with van der Waals surface area (Å²) in [4.78, 5) is 12.2. The Morgan fingerprint density at radius 2 is 1.74 bits per heavy atom. The second-order valence-corrected chi connectivity index (χ2v) is 6.22. The lowest BCUT2D eigenvalue weighted by Gasteiger charge is -2.12. The van der Waals surface area contributed by atoms with E-state index in [2.05, 4.69) is 16.2 Å². The molecule has 0 saturated heterocycles. The van der Waals surface area contributed by atoms with Crippen molar-refractivity contribution in [1.82, 2.24) is 10.9 Å². The molecule has 3 N–H and O–H groups in total. The van der Waals surface area contributed by atoms with Crippen LogP contribution in [0, 0.1) is 0 Å². The van der Waals surface area contributed by atoms with E-state index in [0.717, 1.165) is 24.9 Å². The molecule has 0 bridgehead atoms. The number of thiocarbonyl (C=S) groups is 1. The Morgan fingerprint density at radius 3 is 2.52 bits per heavy atom. The molecule has 0 saturated carbocycles. The van der Waals surface area contributed by atoms with Crippen LogP contribution in [0.2, 0.25) is 5.02 Å². The van der Waals surface area contributed by atoms with Crippen LogP contribution in [0.5, 0.6) is 0 Å². The Kier molecular flexibility index (Phi) is 4.79. The van der Waals surface area contributed by atoms with Crippen LogP contribution in [-0.2, 0) is 12.8 Å². The van der Waals surface area contributed by atoms with Crippen molar-refractivity contribution in [1.29, 1.82) is 0 Å². The number of halogens is 1. The van der Waals surface area contributed by atoms with Gasteiger partial charge in [0.2, 0.25) is 0 Å². The summed E-state index contributed by atoms with van der Waals surface area (Å²) in [5.74, 6) is -0.208. The minimum Gasteiger partial charge on any atom is -0.331 e. The van der Waals surface area contributed by atoms with E-state index in [1.54, 1.807) is 24.3 Å². The number of carbonyl (C=O) groups excluding carboxylic acids is 1. The predicted molar refractivity (Wildman–Crippen MR) is 96.7 cm³/mol. The van der Waals surface area contributed by atoms with Crippen LogP contribution in [0.1, 0.15) is 27.9 Å². The van der Waals surface area contributed by atoms with Crippen LogP contribution in [0.4, 0.5) is 5.69 Å². The molecule has 1 aliphatic carbocycles. The Balaban J connectivity index is 1.54. The van der Waals surface area contributed by atoms with Crippen LogP contribution >= 0.6 is 23.8 Å². The van der Waals surface area contributed by atoms with Crippen molar-refractivity contribution in [3.05, 3.63) is 64.2 Å². The first-order chi connectivity index (χ1) is 11.1. The number of anilines is 1. The average Bonchev–Trinajstić information content (AvgIpc) is 3.02. The SMILES string of the molecule is O=C(NNC(=S)Nc1ccc(Cl)cc1)c1ccc2c(c1)CCC2. The second kappa shape index (κ2) is 6.98. The van der Waals surface area contributed by atoms with E-state index >= 15 is 0 Å². The summed E-state index contributed by atoms with van der Waals surface area (Å²) in [5, 5.41) is 3.92. The van der Waals surface area contributed by atoms with Gasteiger partial charge in [0.25, 0.3) is 5.91 Å². The van der Waals surface area contributed by atoms with Gasteiger partial charge >= 0.3 is 0 Å². The van der Waals surface area contributed by atoms with Gasteiger partial charge in [0.05, 0.1) is 0 Å². The zero-order valence-electron chi connectivity index (χ0n) is 12.4. The first-order valence-electron chi connectivity index (χ1n) is 7.36. The summed E-state index contributed by atoms with van der Waals surface area (Å²) in [6, 6.07) is 13.0. The van der Waals surface area contributed by atoms with Gasteiger partial charge in [-0.25, -0.2) is 0 Å². The van der Waals surface area contributed by atoms with Crippen molar-refractivity contribution >= 4 is 40.5 Å². The monoisotopic (exact) mass is 345 g/mol. The smallest absolute Gasteiger partial charge is 0.269 e. The summed E-state index contributed by atoms with van der Waals surface area (Å²) in [5.41, 5.74) is 9.33. The maximum absolute atomic E-state index is 12.2. The van der Waals surface area contributed by atoms with E-state index in [-0.39, 0.29) is 5.91 Å². The van der Waals surface area contributed by atoms with E-state index in [1.165, 1.54) is 11.1 Å². The zero-order valence-corrected chi connectivity index (χ0v) is 13.9. The lowest BCUT2D eigenvalue weighted by Crippen LogP contribution is -2.43. The molecule has 6 heteroatoms. The van der Waals surface area contributed by atoms with Gasteiger partial charge in [0, 0.05) is 16.3 Å². The molecule has 0 atom stereocenters. The minimum atomic E-state index is -0.208. The Bertz CT molecular complexity index is 746. The number of nitrogens with one attached hydrogen (secondary N) is 3. The number of hydrogen-bond donors (Lipinski definition) is 3. The highest BCUT2D eigenvalue weighted by molar-refractivity contribution is 7.80. The minimum absolute atomic E-state index is 0.208. The molecule has 0 aromatic heterocycles. The summed E-state index contributed by atoms with van der Waals surface area (Å²) in [6.45, 7) is 0. The Labute approximate surface area is 145 Å². The van der Waals surface area contributed by atoms with E-state index < -0.39 is 0 Å². The van der Waals surface area contributed by atoms with Gasteiger partial charge in [-0.05, 0) is 79.0 Å². The highest BCUT2D eigenvalue weighted by Crippen LogP contribution is 2.22. The van der Waals surface area contributed by atoms with Gasteiger partial charge in [-0.15, -0.1) is 0 Å². The van der Waals surface area contributed by atoms with Crippen molar-refractivity contribution in [2.45, 2.75) is 19.3 Å². The average molecular weight is 346 g/mol. The molecular formula is C17H16ClN3OS. The largest absolute Gasteiger partial charge is 0.331 e. The van der Waals surface area contributed by atoms with Gasteiger partial charge in [-0.3, -0.25) is 15.6 Å². The second-order valence-electron chi connectivity index (χ2n) is 5.38. The molecule has 3 rings (SSSR count). The molecule has 0 fully saturated rings. The third-order valence-electron chi connectivity index (χ3n) is 3.75. The number of amides is 1. The molecule has 1 aliphatic rings. The third kappa shape index (κ3) is 4.00. The summed E-state index contributed by atoms with van der Waals surface area (Å²) in [7, 11) is 0. The highest BCUT2D eigenvalue weighted by Gasteiger charge is 2.13. The van der Waals surface area contributed by atoms with Crippen LogP contribution in [0.3, 0.4) is 0 Å². The number of benzene rings is 2. The van der Waals surface area contributed by atoms with Gasteiger partial charge in [0.1, 0.15) is 0 Å². The maximum Gasteiger partial charge on any atom is 0.269 e. The number of fused-ring (bicyclic) bond motifs is 1. The molecule has 1 amide bonds. The topological polar surface area (TPSA) is 53.2 Å². The fourth-order valence-corrected chi connectivity index (χ4v) is 2.89. The van der Waals surface area contributed by atoms with E-state index in [4.69, 9.17) is 23.8 Å². The normalized spacial score (nSPS) is 12.4. The van der Waals surface area contributed by atoms with Gasteiger partial charge < -0.3 is 5.32 Å². The molecule has 118 valence electrons. The van der Waals surface area contributed by atoms with E-state index in [1.807, 2.05) is 18.2 Å². The first kappa shape index (κ1) is 15.8. The summed E-state index contributed by atoms with van der Waals surface area (Å²) >= 11 is 11.0. The fourth-order valence-electron chi connectivity index (χ4n) is 2.59. The molecule has 0 radical (unpaired) electrons. The van der Waals surface area contributed by atoms with Gasteiger partial charge in [-0.2, -0.15) is 0 Å². The van der Waals surface area contributed by atoms with Gasteiger partial charge in [0.15, 0.2) is 5.11 Å². The number of rotatable bonds is 2. The molecule has 0 heterocycles. The molecule has 0 spiro atoms. The number of aryl methyl sites for hydroxylation is 2. The lowest BCUT2D eigenvalue weighted by atomic mass is 10.1. The van der Waals surface area contributed by atoms with Crippen molar-refractivity contribution in [3.63, 3.8) is 0 Å². The van der Waals surface area contributed by atoms with Crippen LogP contribution in [0.25, 0.3) is 0 Å². The van der Waals surface area contributed by atoms with Crippen molar-refractivity contribution in [2.24, 2.45) is 0 Å². The van der Waals surface area contributed by atoms with Gasteiger partial charge in [-0.1, -0.05) is 17.7 Å². The van der Waals surface area contributed by atoms with Crippen LogP contribution < -0.4 is 16.2 Å². The van der Waals surface area contributed by atoms with Crippen LogP contribution in [0.15, 0.2) is 42.5 Å². The number of hydrazine groups is 1. The first-order valence-corrected chi connectivity index (χ1v) is 8.15.